The molecule has 0 aromatic carbocycles. The number of hydrogen-bond donors (Lipinski definition) is 1. The molecule has 1 aliphatic heterocycles. The van der Waals surface area contributed by atoms with E-state index in [4.69, 9.17) is 0 Å². The minimum absolute atomic E-state index is 0.180. The van der Waals surface area contributed by atoms with Crippen molar-refractivity contribution >= 4 is 16.9 Å². The molecule has 2 aliphatic rings. The van der Waals surface area contributed by atoms with Crippen LogP contribution in [0.5, 0.6) is 0 Å². The first kappa shape index (κ1) is 14.4. The van der Waals surface area contributed by atoms with Gasteiger partial charge in [0.15, 0.2) is 5.65 Å². The van der Waals surface area contributed by atoms with Gasteiger partial charge in [-0.25, -0.2) is 4.98 Å². The zero-order valence-corrected chi connectivity index (χ0v) is 13.2. The number of hydrogen-bond acceptors (Lipinski definition) is 3. The monoisotopic (exact) mass is 310 g/mol. The van der Waals surface area contributed by atoms with Gasteiger partial charge in [0.1, 0.15) is 0 Å². The summed E-state index contributed by atoms with van der Waals surface area (Å²) in [5, 5.41) is 8.56. The standard InChI is InChI=1S/C18H22N4O/c23-18(13-6-2-1-3-7-13)22-11-5-8-14(12-22)16-15-9-4-10-19-17(15)21-20-16/h1-2,4,9-10,13-14H,3,5-8,11-12H2,(H,19,20,21)/t13-,14-/m1/s1. The van der Waals surface area contributed by atoms with Gasteiger partial charge in [-0.05, 0) is 44.2 Å². The Morgan fingerprint density at radius 3 is 3.13 bits per heavy atom. The Labute approximate surface area is 135 Å². The third-order valence-electron chi connectivity index (χ3n) is 5.12. The molecular formula is C18H22N4O. The average molecular weight is 310 g/mol. The number of H-pyrrole nitrogens is 1. The van der Waals surface area contributed by atoms with E-state index in [1.807, 2.05) is 6.07 Å². The number of pyridine rings is 1. The Morgan fingerprint density at radius 1 is 1.30 bits per heavy atom. The van der Waals surface area contributed by atoms with Gasteiger partial charge in [-0.3, -0.25) is 9.89 Å². The molecule has 120 valence electrons. The summed E-state index contributed by atoms with van der Waals surface area (Å²) in [6.07, 6.45) is 11.2. The summed E-state index contributed by atoms with van der Waals surface area (Å²) in [6.45, 7) is 1.69. The van der Waals surface area contributed by atoms with Crippen LogP contribution in [0.1, 0.15) is 43.7 Å². The number of rotatable bonds is 2. The summed E-state index contributed by atoms with van der Waals surface area (Å²) in [5.74, 6) is 0.848. The van der Waals surface area contributed by atoms with E-state index < -0.39 is 0 Å². The molecule has 2 atom stereocenters. The molecule has 0 saturated carbocycles. The topological polar surface area (TPSA) is 61.9 Å². The predicted octanol–water partition coefficient (Wildman–Crippen LogP) is 3.02. The SMILES string of the molecule is O=C([C@@H]1CC=CCC1)N1CCC[C@@H](c2[nH]nc3ncccc23)C1. The molecule has 1 fully saturated rings. The van der Waals surface area contributed by atoms with Crippen LogP contribution in [0, 0.1) is 5.92 Å². The lowest BCUT2D eigenvalue weighted by molar-refractivity contribution is -0.137. The van der Waals surface area contributed by atoms with E-state index in [0.717, 1.165) is 61.9 Å². The van der Waals surface area contributed by atoms with Crippen molar-refractivity contribution in [2.45, 2.75) is 38.0 Å². The second-order valence-electron chi connectivity index (χ2n) is 6.62. The lowest BCUT2D eigenvalue weighted by atomic mass is 9.89. The van der Waals surface area contributed by atoms with Crippen LogP contribution < -0.4 is 0 Å². The lowest BCUT2D eigenvalue weighted by Crippen LogP contribution is -2.42. The van der Waals surface area contributed by atoms with Gasteiger partial charge >= 0.3 is 0 Å². The summed E-state index contributed by atoms with van der Waals surface area (Å²) >= 11 is 0. The molecule has 3 heterocycles. The number of likely N-dealkylation sites (tertiary alicyclic amines) is 1. The van der Waals surface area contributed by atoms with Gasteiger partial charge < -0.3 is 4.90 Å². The number of nitrogens with one attached hydrogen (secondary N) is 1. The molecule has 23 heavy (non-hydrogen) atoms. The van der Waals surface area contributed by atoms with E-state index in [-0.39, 0.29) is 5.92 Å². The van der Waals surface area contributed by atoms with Crippen LogP contribution in [0.15, 0.2) is 30.5 Å². The van der Waals surface area contributed by atoms with Gasteiger partial charge in [0.05, 0.1) is 0 Å². The van der Waals surface area contributed by atoms with Crippen LogP contribution in [0.25, 0.3) is 11.0 Å². The molecule has 1 saturated heterocycles. The molecule has 0 unspecified atom stereocenters. The number of amides is 1. The van der Waals surface area contributed by atoms with Crippen molar-refractivity contribution in [3.63, 3.8) is 0 Å². The molecule has 0 radical (unpaired) electrons. The van der Waals surface area contributed by atoms with Gasteiger partial charge in [-0.2, -0.15) is 5.10 Å². The average Bonchev–Trinajstić information content (AvgIpc) is 3.06. The smallest absolute Gasteiger partial charge is 0.226 e. The Morgan fingerprint density at radius 2 is 2.26 bits per heavy atom. The largest absolute Gasteiger partial charge is 0.342 e. The Bertz CT molecular complexity index is 735. The van der Waals surface area contributed by atoms with Gasteiger partial charge in [0.2, 0.25) is 5.91 Å². The zero-order valence-electron chi connectivity index (χ0n) is 13.2. The number of aromatic nitrogens is 3. The van der Waals surface area contributed by atoms with Gasteiger partial charge in [-0.15, -0.1) is 0 Å². The van der Waals surface area contributed by atoms with Gasteiger partial charge in [-0.1, -0.05) is 12.2 Å². The molecule has 0 spiro atoms. The first-order valence-electron chi connectivity index (χ1n) is 8.55. The number of nitrogens with zero attached hydrogens (tertiary/aromatic N) is 3. The van der Waals surface area contributed by atoms with E-state index in [1.54, 1.807) is 6.20 Å². The Hall–Kier alpha value is -2.17. The minimum atomic E-state index is 0.180. The molecular weight excluding hydrogens is 288 g/mol. The Kier molecular flexibility index (Phi) is 3.85. The normalized spacial score (nSPS) is 25.0. The van der Waals surface area contributed by atoms with Crippen molar-refractivity contribution in [3.05, 3.63) is 36.2 Å². The van der Waals surface area contributed by atoms with E-state index in [1.165, 1.54) is 0 Å². The fourth-order valence-corrected chi connectivity index (χ4v) is 3.87. The fraction of sp³-hybridized carbons (Fsp3) is 0.500. The molecule has 0 bridgehead atoms. The molecule has 5 heteroatoms. The maximum Gasteiger partial charge on any atom is 0.226 e. The fourth-order valence-electron chi connectivity index (χ4n) is 3.87. The summed E-state index contributed by atoms with van der Waals surface area (Å²) < 4.78 is 0. The third kappa shape index (κ3) is 2.76. The van der Waals surface area contributed by atoms with Crippen molar-refractivity contribution in [2.24, 2.45) is 5.92 Å². The number of piperidine rings is 1. The summed E-state index contributed by atoms with van der Waals surface area (Å²) in [6, 6.07) is 4.01. The number of carbonyl (C=O) groups is 1. The summed E-state index contributed by atoms with van der Waals surface area (Å²) in [5.41, 5.74) is 1.90. The predicted molar refractivity (Wildman–Crippen MR) is 88.9 cm³/mol. The highest BCUT2D eigenvalue weighted by atomic mass is 16.2. The molecule has 2 aromatic rings. The maximum absolute atomic E-state index is 12.8. The number of carbonyl (C=O) groups excluding carboxylic acids is 1. The molecule has 1 N–H and O–H groups in total. The molecule has 2 aromatic heterocycles. The van der Waals surface area contributed by atoms with Crippen LogP contribution in [0.3, 0.4) is 0 Å². The maximum atomic E-state index is 12.8. The van der Waals surface area contributed by atoms with Crippen molar-refractivity contribution < 1.29 is 4.79 Å². The Balaban J connectivity index is 1.52. The molecule has 1 amide bonds. The highest BCUT2D eigenvalue weighted by Crippen LogP contribution is 2.31. The number of fused-ring (bicyclic) bond motifs is 1. The number of allylic oxidation sites excluding steroid dienone is 2. The van der Waals surface area contributed by atoms with Crippen molar-refractivity contribution in [2.75, 3.05) is 13.1 Å². The zero-order chi connectivity index (χ0) is 15.6. The van der Waals surface area contributed by atoms with Gasteiger partial charge in [0.25, 0.3) is 0 Å². The lowest BCUT2D eigenvalue weighted by Gasteiger charge is -2.35. The third-order valence-corrected chi connectivity index (χ3v) is 5.12. The second kappa shape index (κ2) is 6.14. The number of aromatic amines is 1. The van der Waals surface area contributed by atoms with E-state index >= 15 is 0 Å². The van der Waals surface area contributed by atoms with E-state index in [9.17, 15) is 4.79 Å². The quantitative estimate of drug-likeness (QED) is 0.867. The molecule has 4 rings (SSSR count). The summed E-state index contributed by atoms with van der Waals surface area (Å²) in [4.78, 5) is 19.1. The highest BCUT2D eigenvalue weighted by molar-refractivity contribution is 5.80. The van der Waals surface area contributed by atoms with Crippen molar-refractivity contribution in [3.8, 4) is 0 Å². The van der Waals surface area contributed by atoms with E-state index in [2.05, 4.69) is 38.3 Å². The van der Waals surface area contributed by atoms with Crippen LogP contribution in [-0.4, -0.2) is 39.1 Å². The van der Waals surface area contributed by atoms with Crippen LogP contribution in [0.2, 0.25) is 0 Å². The van der Waals surface area contributed by atoms with Crippen LogP contribution in [-0.2, 0) is 4.79 Å². The second-order valence-corrected chi connectivity index (χ2v) is 6.62. The van der Waals surface area contributed by atoms with Gasteiger partial charge in [0, 0.05) is 42.2 Å². The highest BCUT2D eigenvalue weighted by Gasteiger charge is 2.30. The van der Waals surface area contributed by atoms with Crippen LogP contribution >= 0.6 is 0 Å². The van der Waals surface area contributed by atoms with Crippen LogP contribution in [0.4, 0.5) is 0 Å². The van der Waals surface area contributed by atoms with Crippen molar-refractivity contribution in [1.82, 2.24) is 20.1 Å². The molecule has 1 aliphatic carbocycles. The summed E-state index contributed by atoms with van der Waals surface area (Å²) in [7, 11) is 0. The van der Waals surface area contributed by atoms with E-state index in [0.29, 0.717) is 11.8 Å². The first-order valence-corrected chi connectivity index (χ1v) is 8.55. The minimum Gasteiger partial charge on any atom is -0.342 e. The molecule has 5 nitrogen and oxygen atoms in total. The first-order chi connectivity index (χ1) is 11.3. The van der Waals surface area contributed by atoms with Crippen molar-refractivity contribution in [1.29, 1.82) is 0 Å².